The lowest BCUT2D eigenvalue weighted by atomic mass is 9.87. The monoisotopic (exact) mass is 273 g/mol. The van der Waals surface area contributed by atoms with Crippen LogP contribution in [0.15, 0.2) is 18.2 Å². The van der Waals surface area contributed by atoms with Gasteiger partial charge in [-0.05, 0) is 67.2 Å². The number of aryl methyl sites for hydroxylation is 1. The molecule has 0 aromatic heterocycles. The maximum Gasteiger partial charge on any atom is 0.119 e. The van der Waals surface area contributed by atoms with Gasteiger partial charge in [0.15, 0.2) is 0 Å². The summed E-state index contributed by atoms with van der Waals surface area (Å²) in [4.78, 5) is 0. The standard InChI is InChI=1S/C18H27NO/c1-18(2)9-8-16(12-18)19-15-6-4-13-5-7-17(20-3)11-14(13)10-15/h5,7,11,15-16,19H,4,6,8-10,12H2,1-3H3. The zero-order valence-corrected chi connectivity index (χ0v) is 13.0. The van der Waals surface area contributed by atoms with E-state index in [0.717, 1.165) is 18.2 Å². The Morgan fingerprint density at radius 1 is 1.15 bits per heavy atom. The van der Waals surface area contributed by atoms with Gasteiger partial charge in [0.05, 0.1) is 7.11 Å². The van der Waals surface area contributed by atoms with Crippen molar-refractivity contribution in [3.63, 3.8) is 0 Å². The van der Waals surface area contributed by atoms with Crippen molar-refractivity contribution in [1.29, 1.82) is 0 Å². The second-order valence-electron chi connectivity index (χ2n) is 7.34. The third-order valence-corrected chi connectivity index (χ3v) is 5.08. The van der Waals surface area contributed by atoms with Gasteiger partial charge in [0.1, 0.15) is 5.75 Å². The van der Waals surface area contributed by atoms with E-state index < -0.39 is 0 Å². The maximum absolute atomic E-state index is 5.36. The number of fused-ring (bicyclic) bond motifs is 1. The van der Waals surface area contributed by atoms with Crippen molar-refractivity contribution < 1.29 is 4.74 Å². The largest absolute Gasteiger partial charge is 0.497 e. The van der Waals surface area contributed by atoms with Crippen molar-refractivity contribution in [2.75, 3.05) is 7.11 Å². The van der Waals surface area contributed by atoms with Gasteiger partial charge in [0, 0.05) is 12.1 Å². The first-order chi connectivity index (χ1) is 9.55. The van der Waals surface area contributed by atoms with E-state index in [1.54, 1.807) is 7.11 Å². The Bertz CT molecular complexity index is 480. The quantitative estimate of drug-likeness (QED) is 0.906. The Labute approximate surface area is 122 Å². The molecule has 20 heavy (non-hydrogen) atoms. The molecule has 2 unspecified atom stereocenters. The molecule has 0 amide bonds. The lowest BCUT2D eigenvalue weighted by Crippen LogP contribution is -2.40. The summed E-state index contributed by atoms with van der Waals surface area (Å²) in [6.45, 7) is 4.80. The van der Waals surface area contributed by atoms with Gasteiger partial charge < -0.3 is 10.1 Å². The Kier molecular flexibility index (Phi) is 3.76. The fraction of sp³-hybridized carbons (Fsp3) is 0.667. The van der Waals surface area contributed by atoms with Crippen molar-refractivity contribution in [1.82, 2.24) is 5.32 Å². The molecule has 0 radical (unpaired) electrons. The zero-order chi connectivity index (χ0) is 14.2. The van der Waals surface area contributed by atoms with E-state index in [4.69, 9.17) is 4.74 Å². The summed E-state index contributed by atoms with van der Waals surface area (Å²) in [5.41, 5.74) is 3.52. The highest BCUT2D eigenvalue weighted by Gasteiger charge is 2.32. The van der Waals surface area contributed by atoms with Crippen molar-refractivity contribution in [2.24, 2.45) is 5.41 Å². The summed E-state index contributed by atoms with van der Waals surface area (Å²) in [7, 11) is 1.75. The second kappa shape index (κ2) is 5.40. The van der Waals surface area contributed by atoms with E-state index >= 15 is 0 Å². The Morgan fingerprint density at radius 3 is 2.70 bits per heavy atom. The molecule has 0 heterocycles. The molecule has 1 aromatic rings. The summed E-state index contributed by atoms with van der Waals surface area (Å²) in [6.07, 6.45) is 7.66. The van der Waals surface area contributed by atoms with E-state index in [2.05, 4.69) is 37.4 Å². The highest BCUT2D eigenvalue weighted by molar-refractivity contribution is 5.37. The molecule has 1 N–H and O–H groups in total. The third kappa shape index (κ3) is 3.01. The van der Waals surface area contributed by atoms with Crippen molar-refractivity contribution in [2.45, 2.75) is 64.5 Å². The second-order valence-corrected chi connectivity index (χ2v) is 7.34. The summed E-state index contributed by atoms with van der Waals surface area (Å²) in [6, 6.07) is 7.92. The number of ether oxygens (including phenoxy) is 1. The van der Waals surface area contributed by atoms with Crippen LogP contribution in [-0.4, -0.2) is 19.2 Å². The average molecular weight is 273 g/mol. The van der Waals surface area contributed by atoms with Crippen LogP contribution < -0.4 is 10.1 Å². The molecule has 2 aliphatic carbocycles. The molecule has 0 bridgehead atoms. The average Bonchev–Trinajstić information content (AvgIpc) is 2.77. The number of rotatable bonds is 3. The fourth-order valence-corrected chi connectivity index (χ4v) is 3.91. The van der Waals surface area contributed by atoms with Crippen LogP contribution in [0.1, 0.15) is 50.7 Å². The molecule has 1 saturated carbocycles. The topological polar surface area (TPSA) is 21.3 Å². The van der Waals surface area contributed by atoms with Crippen LogP contribution in [0.4, 0.5) is 0 Å². The molecule has 0 aliphatic heterocycles. The van der Waals surface area contributed by atoms with Crippen LogP contribution in [-0.2, 0) is 12.8 Å². The molecule has 2 aliphatic rings. The van der Waals surface area contributed by atoms with Crippen molar-refractivity contribution in [3.8, 4) is 5.75 Å². The van der Waals surface area contributed by atoms with E-state index in [1.807, 2.05) is 0 Å². The lowest BCUT2D eigenvalue weighted by Gasteiger charge is -2.29. The molecule has 0 spiro atoms. The molecular weight excluding hydrogens is 246 g/mol. The minimum absolute atomic E-state index is 0.535. The predicted molar refractivity (Wildman–Crippen MR) is 83.4 cm³/mol. The SMILES string of the molecule is COc1ccc2c(c1)CC(NC1CCC(C)(C)C1)CC2. The zero-order valence-electron chi connectivity index (χ0n) is 13.0. The summed E-state index contributed by atoms with van der Waals surface area (Å²) < 4.78 is 5.36. The molecule has 110 valence electrons. The summed E-state index contributed by atoms with van der Waals surface area (Å²) >= 11 is 0. The predicted octanol–water partition coefficient (Wildman–Crippen LogP) is 3.72. The summed E-state index contributed by atoms with van der Waals surface area (Å²) in [5.74, 6) is 0.992. The van der Waals surface area contributed by atoms with Gasteiger partial charge in [-0.3, -0.25) is 0 Å². The van der Waals surface area contributed by atoms with Gasteiger partial charge in [0.2, 0.25) is 0 Å². The third-order valence-electron chi connectivity index (χ3n) is 5.08. The lowest BCUT2D eigenvalue weighted by molar-refractivity contribution is 0.341. The highest BCUT2D eigenvalue weighted by Crippen LogP contribution is 2.37. The van der Waals surface area contributed by atoms with E-state index in [9.17, 15) is 0 Å². The van der Waals surface area contributed by atoms with Gasteiger partial charge in [-0.2, -0.15) is 0 Å². The number of hydrogen-bond acceptors (Lipinski definition) is 2. The van der Waals surface area contributed by atoms with Crippen molar-refractivity contribution in [3.05, 3.63) is 29.3 Å². The van der Waals surface area contributed by atoms with Crippen LogP contribution in [0.25, 0.3) is 0 Å². The molecule has 1 aromatic carbocycles. The Balaban J connectivity index is 1.63. The summed E-state index contributed by atoms with van der Waals surface area (Å²) in [5, 5.41) is 3.91. The molecular formula is C18H27NO. The fourth-order valence-electron chi connectivity index (χ4n) is 3.91. The Hall–Kier alpha value is -1.02. The van der Waals surface area contributed by atoms with Crippen LogP contribution in [0.5, 0.6) is 5.75 Å². The first kappa shape index (κ1) is 13.9. The highest BCUT2D eigenvalue weighted by atomic mass is 16.5. The van der Waals surface area contributed by atoms with Gasteiger partial charge in [0.25, 0.3) is 0 Å². The van der Waals surface area contributed by atoms with E-state index in [0.29, 0.717) is 11.5 Å². The van der Waals surface area contributed by atoms with Gasteiger partial charge >= 0.3 is 0 Å². The number of methoxy groups -OCH3 is 1. The molecule has 2 heteroatoms. The number of hydrogen-bond donors (Lipinski definition) is 1. The van der Waals surface area contributed by atoms with E-state index in [-0.39, 0.29) is 0 Å². The first-order valence-corrected chi connectivity index (χ1v) is 7.97. The van der Waals surface area contributed by atoms with Crippen LogP contribution in [0, 0.1) is 5.41 Å². The smallest absolute Gasteiger partial charge is 0.119 e. The van der Waals surface area contributed by atoms with Gasteiger partial charge in [-0.25, -0.2) is 0 Å². The molecule has 3 rings (SSSR count). The van der Waals surface area contributed by atoms with Crippen LogP contribution >= 0.6 is 0 Å². The first-order valence-electron chi connectivity index (χ1n) is 7.97. The molecule has 2 nitrogen and oxygen atoms in total. The van der Waals surface area contributed by atoms with Crippen LogP contribution in [0.2, 0.25) is 0 Å². The normalized spacial score (nSPS) is 28.1. The van der Waals surface area contributed by atoms with E-state index in [1.165, 1.54) is 43.2 Å². The molecule has 0 saturated heterocycles. The van der Waals surface area contributed by atoms with Gasteiger partial charge in [-0.1, -0.05) is 19.9 Å². The number of nitrogens with one attached hydrogen (secondary N) is 1. The molecule has 1 fully saturated rings. The minimum atomic E-state index is 0.535. The number of benzene rings is 1. The molecule has 2 atom stereocenters. The van der Waals surface area contributed by atoms with Crippen LogP contribution in [0.3, 0.4) is 0 Å². The van der Waals surface area contributed by atoms with Gasteiger partial charge in [-0.15, -0.1) is 0 Å². The maximum atomic E-state index is 5.36. The minimum Gasteiger partial charge on any atom is -0.497 e. The Morgan fingerprint density at radius 2 is 2.00 bits per heavy atom. The van der Waals surface area contributed by atoms with Crippen molar-refractivity contribution >= 4 is 0 Å².